The van der Waals surface area contributed by atoms with Crippen LogP contribution in [0.25, 0.3) is 0 Å². The van der Waals surface area contributed by atoms with Crippen LogP contribution in [-0.4, -0.2) is 17.4 Å². The summed E-state index contributed by atoms with van der Waals surface area (Å²) in [5.41, 5.74) is 1.38. The molecule has 12 heavy (non-hydrogen) atoms. The van der Waals surface area contributed by atoms with Crippen LogP contribution in [0.15, 0.2) is 11.6 Å². The van der Waals surface area contributed by atoms with E-state index in [9.17, 15) is 0 Å². The fraction of sp³-hybridized carbons (Fsp3) is 0.800. The van der Waals surface area contributed by atoms with Crippen LogP contribution in [0.3, 0.4) is 0 Å². The maximum atomic E-state index is 3.54. The van der Waals surface area contributed by atoms with Gasteiger partial charge in [0.05, 0.1) is 0 Å². The largest absolute Gasteiger partial charge is 0.311 e. The second-order valence-corrected chi connectivity index (χ2v) is 5.17. The van der Waals surface area contributed by atoms with Crippen LogP contribution in [-0.2, 0) is 0 Å². The van der Waals surface area contributed by atoms with E-state index in [-0.39, 0.29) is 0 Å². The summed E-state index contributed by atoms with van der Waals surface area (Å²) in [6.45, 7) is 9.64. The Balaban J connectivity index is 3.44. The minimum atomic E-state index is 0.593. The van der Waals surface area contributed by atoms with Crippen LogP contribution in [0.1, 0.15) is 34.1 Å². The Bertz CT molecular complexity index is 137. The van der Waals surface area contributed by atoms with E-state index >= 15 is 0 Å². The van der Waals surface area contributed by atoms with E-state index in [0.717, 1.165) is 6.54 Å². The molecule has 0 aromatic carbocycles. The predicted molar refractivity (Wildman–Crippen MR) is 59.9 cm³/mol. The van der Waals surface area contributed by atoms with Crippen LogP contribution in [0.5, 0.6) is 0 Å². The van der Waals surface area contributed by atoms with Gasteiger partial charge in [0, 0.05) is 17.4 Å². The number of hydrogen-bond donors (Lipinski definition) is 1. The number of alkyl halides is 1. The molecule has 0 aliphatic heterocycles. The molecule has 0 saturated carbocycles. The average Bonchev–Trinajstić information content (AvgIpc) is 1.84. The molecule has 0 rings (SSSR count). The van der Waals surface area contributed by atoms with Gasteiger partial charge in [-0.05, 0) is 27.2 Å². The number of allylic oxidation sites excluding steroid dienone is 1. The van der Waals surface area contributed by atoms with Gasteiger partial charge in [-0.1, -0.05) is 34.5 Å². The van der Waals surface area contributed by atoms with Crippen molar-refractivity contribution >= 4 is 15.9 Å². The third-order valence-electron chi connectivity index (χ3n) is 1.65. The van der Waals surface area contributed by atoms with Crippen molar-refractivity contribution in [3.8, 4) is 0 Å². The normalized spacial score (nSPS) is 15.4. The van der Waals surface area contributed by atoms with E-state index in [1.165, 1.54) is 12.0 Å². The molecule has 0 saturated heterocycles. The van der Waals surface area contributed by atoms with Crippen molar-refractivity contribution in [3.05, 3.63) is 11.6 Å². The molecular formula is C10H20BrN. The van der Waals surface area contributed by atoms with E-state index in [4.69, 9.17) is 0 Å². The molecule has 1 nitrogen and oxygen atoms in total. The molecule has 0 aromatic heterocycles. The number of halogens is 1. The van der Waals surface area contributed by atoms with Gasteiger partial charge in [0.2, 0.25) is 0 Å². The van der Waals surface area contributed by atoms with Gasteiger partial charge in [0.15, 0.2) is 0 Å². The molecule has 2 unspecified atom stereocenters. The number of rotatable bonds is 5. The summed E-state index contributed by atoms with van der Waals surface area (Å²) in [6, 6.07) is 0.593. The lowest BCUT2D eigenvalue weighted by Crippen LogP contribution is -2.28. The summed E-state index contributed by atoms with van der Waals surface area (Å²) in [6.07, 6.45) is 3.39. The Morgan fingerprint density at radius 3 is 2.42 bits per heavy atom. The second kappa shape index (κ2) is 6.67. The molecule has 2 atom stereocenters. The van der Waals surface area contributed by atoms with Crippen LogP contribution in [0.2, 0.25) is 0 Å². The van der Waals surface area contributed by atoms with Gasteiger partial charge in [0.25, 0.3) is 0 Å². The first-order valence-corrected chi connectivity index (χ1v) is 5.44. The van der Waals surface area contributed by atoms with Gasteiger partial charge in [0.1, 0.15) is 0 Å². The third-order valence-corrected chi connectivity index (χ3v) is 2.03. The van der Waals surface area contributed by atoms with Gasteiger partial charge in [-0.3, -0.25) is 0 Å². The molecule has 0 amide bonds. The Morgan fingerprint density at radius 1 is 1.42 bits per heavy atom. The molecule has 0 aromatic rings. The molecule has 0 spiro atoms. The summed E-state index contributed by atoms with van der Waals surface area (Å²) in [5.74, 6) is 0. The topological polar surface area (TPSA) is 12.0 Å². The summed E-state index contributed by atoms with van der Waals surface area (Å²) in [7, 11) is 0. The monoisotopic (exact) mass is 233 g/mol. The lowest BCUT2D eigenvalue weighted by Gasteiger charge is -2.13. The standard InChI is InChI=1S/C10H20BrN/c1-8(2)5-6-12-10(4)7-9(3)11/h5,9-10,12H,6-7H2,1-4H3. The van der Waals surface area contributed by atoms with Crippen molar-refractivity contribution in [2.24, 2.45) is 0 Å². The quantitative estimate of drug-likeness (QED) is 0.569. The molecule has 0 bridgehead atoms. The molecule has 2 heteroatoms. The van der Waals surface area contributed by atoms with Gasteiger partial charge >= 0.3 is 0 Å². The highest BCUT2D eigenvalue weighted by atomic mass is 79.9. The highest BCUT2D eigenvalue weighted by Crippen LogP contribution is 2.06. The van der Waals surface area contributed by atoms with Gasteiger partial charge in [-0.15, -0.1) is 0 Å². The highest BCUT2D eigenvalue weighted by molar-refractivity contribution is 9.09. The van der Waals surface area contributed by atoms with Crippen LogP contribution >= 0.6 is 15.9 Å². The minimum absolute atomic E-state index is 0.593. The molecule has 0 radical (unpaired) electrons. The highest BCUT2D eigenvalue weighted by Gasteiger charge is 2.03. The predicted octanol–water partition coefficient (Wildman–Crippen LogP) is 3.10. The first-order chi connectivity index (χ1) is 5.52. The van der Waals surface area contributed by atoms with E-state index in [2.05, 4.69) is 55.0 Å². The Labute approximate surface area is 84.8 Å². The van der Waals surface area contributed by atoms with Gasteiger partial charge in [-0.2, -0.15) is 0 Å². The van der Waals surface area contributed by atoms with Gasteiger partial charge < -0.3 is 5.32 Å². The fourth-order valence-electron chi connectivity index (χ4n) is 1.03. The number of nitrogens with one attached hydrogen (secondary N) is 1. The van der Waals surface area contributed by atoms with Crippen molar-refractivity contribution < 1.29 is 0 Å². The second-order valence-electron chi connectivity index (χ2n) is 3.61. The summed E-state index contributed by atoms with van der Waals surface area (Å²) < 4.78 is 0. The third kappa shape index (κ3) is 8.28. The van der Waals surface area contributed by atoms with E-state index < -0.39 is 0 Å². The van der Waals surface area contributed by atoms with Crippen LogP contribution < -0.4 is 5.32 Å². The SMILES string of the molecule is CC(C)=CCNC(C)CC(C)Br. The average molecular weight is 234 g/mol. The zero-order chi connectivity index (χ0) is 9.56. The first kappa shape index (κ1) is 12.2. The lowest BCUT2D eigenvalue weighted by molar-refractivity contribution is 0.544. The van der Waals surface area contributed by atoms with Crippen molar-refractivity contribution in [2.75, 3.05) is 6.54 Å². The molecule has 0 heterocycles. The molecule has 0 aliphatic rings. The van der Waals surface area contributed by atoms with Crippen molar-refractivity contribution in [1.29, 1.82) is 0 Å². The Hall–Kier alpha value is 0.180. The van der Waals surface area contributed by atoms with E-state index in [0.29, 0.717) is 10.9 Å². The van der Waals surface area contributed by atoms with Crippen molar-refractivity contribution in [3.63, 3.8) is 0 Å². The first-order valence-electron chi connectivity index (χ1n) is 4.53. The van der Waals surface area contributed by atoms with Gasteiger partial charge in [-0.25, -0.2) is 0 Å². The summed E-state index contributed by atoms with van der Waals surface area (Å²) in [5, 5.41) is 3.44. The number of hydrogen-bond acceptors (Lipinski definition) is 1. The minimum Gasteiger partial charge on any atom is -0.311 e. The zero-order valence-corrected chi connectivity index (χ0v) is 10.1. The fourth-order valence-corrected chi connectivity index (χ4v) is 1.60. The van der Waals surface area contributed by atoms with Crippen LogP contribution in [0.4, 0.5) is 0 Å². The molecular weight excluding hydrogens is 214 g/mol. The Morgan fingerprint density at radius 2 is 2.00 bits per heavy atom. The Kier molecular flexibility index (Phi) is 6.77. The maximum Gasteiger partial charge on any atom is 0.0139 e. The van der Waals surface area contributed by atoms with E-state index in [1.807, 2.05) is 0 Å². The maximum absolute atomic E-state index is 3.54. The van der Waals surface area contributed by atoms with E-state index in [1.54, 1.807) is 0 Å². The van der Waals surface area contributed by atoms with Crippen molar-refractivity contribution in [1.82, 2.24) is 5.32 Å². The molecule has 72 valence electrons. The molecule has 1 N–H and O–H groups in total. The molecule has 0 aliphatic carbocycles. The van der Waals surface area contributed by atoms with Crippen molar-refractivity contribution in [2.45, 2.75) is 45.0 Å². The zero-order valence-electron chi connectivity index (χ0n) is 8.52. The molecule has 0 fully saturated rings. The lowest BCUT2D eigenvalue weighted by atomic mass is 10.2. The summed E-state index contributed by atoms with van der Waals surface area (Å²) in [4.78, 5) is 0.603. The van der Waals surface area contributed by atoms with Crippen LogP contribution in [0, 0.1) is 0 Å². The summed E-state index contributed by atoms with van der Waals surface area (Å²) >= 11 is 3.54. The smallest absolute Gasteiger partial charge is 0.0139 e.